The fraction of sp³-hybridized carbons (Fsp3) is 0.286. The van der Waals surface area contributed by atoms with E-state index >= 15 is 0 Å². The fourth-order valence-corrected chi connectivity index (χ4v) is 2.43. The summed E-state index contributed by atoms with van der Waals surface area (Å²) in [7, 11) is 1.93. The number of benzene rings is 1. The van der Waals surface area contributed by atoms with Crippen molar-refractivity contribution in [3.05, 3.63) is 41.7 Å². The molecule has 1 aromatic carbocycles. The predicted molar refractivity (Wildman–Crippen MR) is 75.8 cm³/mol. The number of imidazole rings is 1. The minimum absolute atomic E-state index is 0.570. The van der Waals surface area contributed by atoms with E-state index in [0.29, 0.717) is 5.95 Å². The number of nitrogens with two attached hydrogens (primary N) is 1. The maximum absolute atomic E-state index is 6.02. The Kier molecular flexibility index (Phi) is 2.74. The normalized spacial score (nSPS) is 11.3. The summed E-state index contributed by atoms with van der Waals surface area (Å²) in [6.45, 7) is 2.88. The summed E-state index contributed by atoms with van der Waals surface area (Å²) in [5.74, 6) is 0.570. The molecule has 0 fully saturated rings. The Morgan fingerprint density at radius 1 is 1.26 bits per heavy atom. The van der Waals surface area contributed by atoms with Crippen LogP contribution in [0.15, 0.2) is 30.5 Å². The molecule has 0 aliphatic rings. The van der Waals surface area contributed by atoms with Crippen molar-refractivity contribution in [3.8, 4) is 0 Å². The topological polar surface area (TPSA) is 61.7 Å². The Morgan fingerprint density at radius 3 is 2.84 bits per heavy atom. The molecule has 0 amide bonds. The Bertz CT molecular complexity index is 723. The average molecular weight is 255 g/mol. The van der Waals surface area contributed by atoms with Gasteiger partial charge in [-0.2, -0.15) is 5.10 Å². The number of rotatable bonds is 3. The van der Waals surface area contributed by atoms with Gasteiger partial charge >= 0.3 is 0 Å². The lowest BCUT2D eigenvalue weighted by molar-refractivity contribution is 0.682. The molecule has 98 valence electrons. The second kappa shape index (κ2) is 4.42. The van der Waals surface area contributed by atoms with Crippen LogP contribution in [0.1, 0.15) is 11.3 Å². The predicted octanol–water partition coefficient (Wildman–Crippen LogP) is 1.90. The first-order valence-electron chi connectivity index (χ1n) is 6.35. The number of hydrogen-bond donors (Lipinski definition) is 1. The van der Waals surface area contributed by atoms with Gasteiger partial charge in [-0.3, -0.25) is 4.68 Å². The van der Waals surface area contributed by atoms with Crippen molar-refractivity contribution in [2.45, 2.75) is 19.9 Å². The van der Waals surface area contributed by atoms with Gasteiger partial charge in [0.15, 0.2) is 0 Å². The number of nitrogen functional groups attached to an aromatic ring is 1. The van der Waals surface area contributed by atoms with Gasteiger partial charge < -0.3 is 10.3 Å². The molecule has 0 saturated heterocycles. The van der Waals surface area contributed by atoms with Gasteiger partial charge in [-0.05, 0) is 24.6 Å². The van der Waals surface area contributed by atoms with Crippen LogP contribution < -0.4 is 5.73 Å². The van der Waals surface area contributed by atoms with E-state index < -0.39 is 0 Å². The summed E-state index contributed by atoms with van der Waals surface area (Å²) >= 11 is 0. The Labute approximate surface area is 111 Å². The van der Waals surface area contributed by atoms with Crippen molar-refractivity contribution in [1.82, 2.24) is 19.3 Å². The fourth-order valence-electron chi connectivity index (χ4n) is 2.43. The smallest absolute Gasteiger partial charge is 0.201 e. The minimum Gasteiger partial charge on any atom is -0.369 e. The molecule has 0 bridgehead atoms. The van der Waals surface area contributed by atoms with E-state index in [1.54, 1.807) is 0 Å². The lowest BCUT2D eigenvalue weighted by Crippen LogP contribution is -2.07. The van der Waals surface area contributed by atoms with Crippen LogP contribution in [0.5, 0.6) is 0 Å². The van der Waals surface area contributed by atoms with E-state index in [1.807, 2.05) is 36.1 Å². The van der Waals surface area contributed by atoms with E-state index in [9.17, 15) is 0 Å². The van der Waals surface area contributed by atoms with E-state index in [1.165, 1.54) is 5.56 Å². The van der Waals surface area contributed by atoms with Crippen LogP contribution in [0, 0.1) is 6.92 Å². The number of fused-ring (bicyclic) bond motifs is 1. The second-order valence-corrected chi connectivity index (χ2v) is 4.80. The van der Waals surface area contributed by atoms with E-state index in [0.717, 1.165) is 29.7 Å². The Morgan fingerprint density at radius 2 is 2.11 bits per heavy atom. The SMILES string of the molecule is Cc1cccc2nc(N)n(CCc3ccn(C)n3)c12. The molecular formula is C14H17N5. The van der Waals surface area contributed by atoms with Gasteiger partial charge in [-0.15, -0.1) is 0 Å². The van der Waals surface area contributed by atoms with Crippen molar-refractivity contribution in [1.29, 1.82) is 0 Å². The summed E-state index contributed by atoms with van der Waals surface area (Å²) in [5.41, 5.74) is 10.4. The van der Waals surface area contributed by atoms with E-state index in [-0.39, 0.29) is 0 Å². The molecule has 3 rings (SSSR count). The standard InChI is InChI=1S/C14H17N5/c1-10-4-3-5-12-13(10)19(14(15)16-12)9-7-11-6-8-18(2)17-11/h3-6,8H,7,9H2,1-2H3,(H2,15,16). The number of nitrogens with zero attached hydrogens (tertiary/aromatic N) is 4. The molecule has 5 nitrogen and oxygen atoms in total. The van der Waals surface area contributed by atoms with Crippen molar-refractivity contribution in [3.63, 3.8) is 0 Å². The van der Waals surface area contributed by atoms with Crippen LogP contribution in [-0.2, 0) is 20.0 Å². The zero-order chi connectivity index (χ0) is 13.4. The molecule has 0 spiro atoms. The molecule has 2 aromatic heterocycles. The van der Waals surface area contributed by atoms with Crippen LogP contribution in [0.3, 0.4) is 0 Å². The molecular weight excluding hydrogens is 238 g/mol. The average Bonchev–Trinajstić information content (AvgIpc) is 2.91. The van der Waals surface area contributed by atoms with Crippen LogP contribution in [0.25, 0.3) is 11.0 Å². The second-order valence-electron chi connectivity index (χ2n) is 4.80. The molecule has 0 saturated carbocycles. The van der Waals surface area contributed by atoms with Gasteiger partial charge in [-0.1, -0.05) is 12.1 Å². The third kappa shape index (κ3) is 2.07. The summed E-state index contributed by atoms with van der Waals surface area (Å²) in [5, 5.41) is 4.38. The molecule has 3 aromatic rings. The van der Waals surface area contributed by atoms with Crippen molar-refractivity contribution >= 4 is 17.0 Å². The van der Waals surface area contributed by atoms with Gasteiger partial charge in [0, 0.05) is 26.2 Å². The highest BCUT2D eigenvalue weighted by Gasteiger charge is 2.10. The number of anilines is 1. The first kappa shape index (κ1) is 11.8. The number of aryl methyl sites for hydroxylation is 4. The highest BCUT2D eigenvalue weighted by molar-refractivity contribution is 5.81. The van der Waals surface area contributed by atoms with Crippen molar-refractivity contribution in [2.75, 3.05) is 5.73 Å². The third-order valence-electron chi connectivity index (χ3n) is 3.36. The highest BCUT2D eigenvalue weighted by atomic mass is 15.2. The van der Waals surface area contributed by atoms with Crippen molar-refractivity contribution in [2.24, 2.45) is 7.05 Å². The van der Waals surface area contributed by atoms with Gasteiger partial charge in [-0.25, -0.2) is 4.98 Å². The van der Waals surface area contributed by atoms with E-state index in [4.69, 9.17) is 5.73 Å². The van der Waals surface area contributed by atoms with Gasteiger partial charge in [0.05, 0.1) is 16.7 Å². The quantitative estimate of drug-likeness (QED) is 0.777. The maximum atomic E-state index is 6.02. The van der Waals surface area contributed by atoms with Gasteiger partial charge in [0.1, 0.15) is 0 Å². The summed E-state index contributed by atoms with van der Waals surface area (Å²) in [6, 6.07) is 8.12. The number of hydrogen-bond acceptors (Lipinski definition) is 3. The highest BCUT2D eigenvalue weighted by Crippen LogP contribution is 2.21. The van der Waals surface area contributed by atoms with Gasteiger partial charge in [0.25, 0.3) is 0 Å². The molecule has 19 heavy (non-hydrogen) atoms. The molecule has 2 heterocycles. The third-order valence-corrected chi connectivity index (χ3v) is 3.36. The van der Waals surface area contributed by atoms with Crippen LogP contribution in [0.4, 0.5) is 5.95 Å². The molecule has 0 unspecified atom stereocenters. The van der Waals surface area contributed by atoms with Crippen LogP contribution >= 0.6 is 0 Å². The van der Waals surface area contributed by atoms with Crippen LogP contribution in [0.2, 0.25) is 0 Å². The first-order valence-corrected chi connectivity index (χ1v) is 6.35. The summed E-state index contributed by atoms with van der Waals surface area (Å²) in [6.07, 6.45) is 2.81. The number of para-hydroxylation sites is 1. The monoisotopic (exact) mass is 255 g/mol. The zero-order valence-corrected chi connectivity index (χ0v) is 11.2. The lowest BCUT2D eigenvalue weighted by Gasteiger charge is -2.06. The lowest BCUT2D eigenvalue weighted by atomic mass is 10.2. The van der Waals surface area contributed by atoms with Crippen molar-refractivity contribution < 1.29 is 0 Å². The maximum Gasteiger partial charge on any atom is 0.201 e. The minimum atomic E-state index is 0.570. The molecule has 5 heteroatoms. The molecule has 2 N–H and O–H groups in total. The molecule has 0 aliphatic carbocycles. The number of aromatic nitrogens is 4. The summed E-state index contributed by atoms with van der Waals surface area (Å²) in [4.78, 5) is 4.41. The zero-order valence-electron chi connectivity index (χ0n) is 11.2. The van der Waals surface area contributed by atoms with Crippen LogP contribution in [-0.4, -0.2) is 19.3 Å². The Hall–Kier alpha value is -2.30. The summed E-state index contributed by atoms with van der Waals surface area (Å²) < 4.78 is 3.88. The molecule has 0 aliphatic heterocycles. The molecule has 0 radical (unpaired) electrons. The largest absolute Gasteiger partial charge is 0.369 e. The molecule has 0 atom stereocenters. The Balaban J connectivity index is 1.94. The van der Waals surface area contributed by atoms with Gasteiger partial charge in [0.2, 0.25) is 5.95 Å². The first-order chi connectivity index (χ1) is 9.15. The van der Waals surface area contributed by atoms with E-state index in [2.05, 4.69) is 27.6 Å².